The van der Waals surface area contributed by atoms with E-state index in [9.17, 15) is 9.90 Å². The molecule has 0 aliphatic carbocycles. The van der Waals surface area contributed by atoms with Crippen LogP contribution in [0, 0.1) is 0 Å². The number of hydrogen-bond acceptors (Lipinski definition) is 3. The van der Waals surface area contributed by atoms with Gasteiger partial charge in [-0.2, -0.15) is 0 Å². The quantitative estimate of drug-likeness (QED) is 0.536. The largest absolute Gasteiger partial charge is 0.394 e. The maximum Gasteiger partial charge on any atom is 0.222 e. The van der Waals surface area contributed by atoms with Crippen LogP contribution >= 0.6 is 0 Å². The fourth-order valence-electron chi connectivity index (χ4n) is 2.08. The highest BCUT2D eigenvalue weighted by Gasteiger charge is 2.12. The number of amides is 1. The highest BCUT2D eigenvalue weighted by Crippen LogP contribution is 2.10. The average Bonchev–Trinajstić information content (AvgIpc) is 2.41. The third-order valence-corrected chi connectivity index (χ3v) is 3.37. The van der Waals surface area contributed by atoms with Crippen molar-refractivity contribution in [3.63, 3.8) is 0 Å². The van der Waals surface area contributed by atoms with Gasteiger partial charge < -0.3 is 15.1 Å². The molecular formula is C15H31NO3. The summed E-state index contributed by atoms with van der Waals surface area (Å²) in [5.74, 6) is 0.0542. The predicted octanol–water partition coefficient (Wildman–Crippen LogP) is 2.33. The van der Waals surface area contributed by atoms with Crippen molar-refractivity contribution in [2.45, 2.75) is 70.8 Å². The van der Waals surface area contributed by atoms with Gasteiger partial charge in [0.15, 0.2) is 0 Å². The first-order chi connectivity index (χ1) is 9.11. The van der Waals surface area contributed by atoms with E-state index in [-0.39, 0.29) is 19.1 Å². The van der Waals surface area contributed by atoms with Crippen molar-refractivity contribution < 1.29 is 15.0 Å². The van der Waals surface area contributed by atoms with E-state index in [4.69, 9.17) is 5.11 Å². The summed E-state index contributed by atoms with van der Waals surface area (Å²) in [6.07, 6.45) is 9.48. The second kappa shape index (κ2) is 12.4. The maximum atomic E-state index is 11.7. The number of unbranched alkanes of at least 4 members (excludes halogenated alkanes) is 7. The number of carbonyl (C=O) groups is 1. The number of hydrogen-bond donors (Lipinski definition) is 2. The Morgan fingerprint density at radius 3 is 2.11 bits per heavy atom. The molecule has 1 amide bonds. The number of carbonyl (C=O) groups excluding carboxylic acids is 1. The van der Waals surface area contributed by atoms with Crippen LogP contribution in [0.1, 0.15) is 64.7 Å². The van der Waals surface area contributed by atoms with Gasteiger partial charge in [0.25, 0.3) is 0 Å². The van der Waals surface area contributed by atoms with E-state index in [1.54, 1.807) is 7.05 Å². The van der Waals surface area contributed by atoms with E-state index >= 15 is 0 Å². The van der Waals surface area contributed by atoms with Gasteiger partial charge in [-0.1, -0.05) is 51.9 Å². The van der Waals surface area contributed by atoms with Gasteiger partial charge in [0.05, 0.1) is 12.7 Å². The summed E-state index contributed by atoms with van der Waals surface area (Å²) in [6.45, 7) is 2.14. The minimum atomic E-state index is -0.826. The van der Waals surface area contributed by atoms with Gasteiger partial charge in [0.2, 0.25) is 5.91 Å². The first kappa shape index (κ1) is 18.4. The lowest BCUT2D eigenvalue weighted by atomic mass is 10.1. The third kappa shape index (κ3) is 11.0. The minimum absolute atomic E-state index is 0.0542. The molecule has 19 heavy (non-hydrogen) atoms. The smallest absolute Gasteiger partial charge is 0.222 e. The van der Waals surface area contributed by atoms with E-state index in [2.05, 4.69) is 6.92 Å². The highest BCUT2D eigenvalue weighted by atomic mass is 16.3. The van der Waals surface area contributed by atoms with E-state index in [1.807, 2.05) is 0 Å². The molecular weight excluding hydrogens is 242 g/mol. The zero-order valence-electron chi connectivity index (χ0n) is 12.6. The van der Waals surface area contributed by atoms with Gasteiger partial charge in [0, 0.05) is 20.0 Å². The van der Waals surface area contributed by atoms with Crippen LogP contribution in [0.5, 0.6) is 0 Å². The second-order valence-corrected chi connectivity index (χ2v) is 5.34. The summed E-state index contributed by atoms with van der Waals surface area (Å²) >= 11 is 0. The highest BCUT2D eigenvalue weighted by molar-refractivity contribution is 5.75. The van der Waals surface area contributed by atoms with Crippen molar-refractivity contribution in [1.29, 1.82) is 0 Å². The normalized spacial score (nSPS) is 12.4. The molecule has 0 aromatic heterocycles. The molecule has 0 bridgehead atoms. The predicted molar refractivity (Wildman–Crippen MR) is 78.0 cm³/mol. The molecule has 0 radical (unpaired) electrons. The number of rotatable bonds is 12. The van der Waals surface area contributed by atoms with E-state index in [1.165, 1.54) is 43.4 Å². The maximum absolute atomic E-state index is 11.7. The number of nitrogens with zero attached hydrogens (tertiary/aromatic N) is 1. The molecule has 0 rings (SSSR count). The number of likely N-dealkylation sites (N-methyl/N-ethyl adjacent to an activating group) is 1. The Hall–Kier alpha value is -0.610. The van der Waals surface area contributed by atoms with Gasteiger partial charge in [-0.25, -0.2) is 0 Å². The fraction of sp³-hybridized carbons (Fsp3) is 0.933. The summed E-state index contributed by atoms with van der Waals surface area (Å²) in [5.41, 5.74) is 0. The third-order valence-electron chi connectivity index (χ3n) is 3.37. The molecule has 0 saturated heterocycles. The Kier molecular flexibility index (Phi) is 12.0. The monoisotopic (exact) mass is 273 g/mol. The molecule has 0 aromatic rings. The Morgan fingerprint density at radius 2 is 1.58 bits per heavy atom. The molecule has 0 saturated carbocycles. The van der Waals surface area contributed by atoms with Crippen molar-refractivity contribution in [1.82, 2.24) is 4.90 Å². The first-order valence-corrected chi connectivity index (χ1v) is 7.64. The van der Waals surface area contributed by atoms with Gasteiger partial charge >= 0.3 is 0 Å². The van der Waals surface area contributed by atoms with Crippen LogP contribution in [0.25, 0.3) is 0 Å². The molecule has 4 heteroatoms. The fourth-order valence-corrected chi connectivity index (χ4v) is 2.08. The molecule has 1 atom stereocenters. The van der Waals surface area contributed by atoms with Crippen LogP contribution in [0.15, 0.2) is 0 Å². The van der Waals surface area contributed by atoms with E-state index in [0.29, 0.717) is 6.42 Å². The van der Waals surface area contributed by atoms with E-state index < -0.39 is 6.10 Å². The van der Waals surface area contributed by atoms with Crippen LogP contribution in [0.4, 0.5) is 0 Å². The van der Waals surface area contributed by atoms with Crippen LogP contribution in [-0.2, 0) is 4.79 Å². The molecule has 0 heterocycles. The summed E-state index contributed by atoms with van der Waals surface area (Å²) < 4.78 is 0. The Bertz CT molecular complexity index is 221. The van der Waals surface area contributed by atoms with Crippen LogP contribution < -0.4 is 0 Å². The van der Waals surface area contributed by atoms with Crippen molar-refractivity contribution in [2.24, 2.45) is 0 Å². The molecule has 2 N–H and O–H groups in total. The van der Waals surface area contributed by atoms with Crippen molar-refractivity contribution in [2.75, 3.05) is 20.2 Å². The number of aliphatic hydroxyl groups excluding tert-OH is 2. The molecule has 4 nitrogen and oxygen atoms in total. The molecule has 114 valence electrons. The van der Waals surface area contributed by atoms with Gasteiger partial charge in [-0.15, -0.1) is 0 Å². The Morgan fingerprint density at radius 1 is 1.05 bits per heavy atom. The van der Waals surface area contributed by atoms with Crippen molar-refractivity contribution >= 4 is 5.91 Å². The minimum Gasteiger partial charge on any atom is -0.394 e. The molecule has 0 aromatic carbocycles. The second-order valence-electron chi connectivity index (χ2n) is 5.34. The van der Waals surface area contributed by atoms with Gasteiger partial charge in [-0.3, -0.25) is 4.79 Å². The van der Waals surface area contributed by atoms with Crippen LogP contribution in [0.3, 0.4) is 0 Å². The van der Waals surface area contributed by atoms with Gasteiger partial charge in [-0.05, 0) is 6.42 Å². The zero-order valence-corrected chi connectivity index (χ0v) is 12.6. The molecule has 0 aliphatic heterocycles. The molecule has 0 fully saturated rings. The van der Waals surface area contributed by atoms with Crippen molar-refractivity contribution in [3.8, 4) is 0 Å². The molecule has 0 spiro atoms. The van der Waals surface area contributed by atoms with Crippen molar-refractivity contribution in [3.05, 3.63) is 0 Å². The Labute approximate surface area is 117 Å². The van der Waals surface area contributed by atoms with E-state index in [0.717, 1.165) is 12.8 Å². The number of aliphatic hydroxyl groups is 2. The SMILES string of the molecule is CCCCCCCCCCC(=O)N(C)CC(O)CO. The zero-order chi connectivity index (χ0) is 14.5. The van der Waals surface area contributed by atoms with Crippen LogP contribution in [-0.4, -0.2) is 47.3 Å². The lowest BCUT2D eigenvalue weighted by molar-refractivity contribution is -0.131. The molecule has 0 aliphatic rings. The summed E-state index contributed by atoms with van der Waals surface area (Å²) in [5, 5.41) is 18.0. The average molecular weight is 273 g/mol. The summed E-state index contributed by atoms with van der Waals surface area (Å²) in [4.78, 5) is 13.2. The summed E-state index contributed by atoms with van der Waals surface area (Å²) in [7, 11) is 1.67. The first-order valence-electron chi connectivity index (χ1n) is 7.64. The Balaban J connectivity index is 3.42. The summed E-state index contributed by atoms with van der Waals surface area (Å²) in [6, 6.07) is 0. The lowest BCUT2D eigenvalue weighted by Gasteiger charge is -2.19. The molecule has 1 unspecified atom stereocenters. The topological polar surface area (TPSA) is 60.8 Å². The lowest BCUT2D eigenvalue weighted by Crippen LogP contribution is -2.35. The standard InChI is InChI=1S/C15H31NO3/c1-3-4-5-6-7-8-9-10-11-15(19)16(2)12-14(18)13-17/h14,17-18H,3-13H2,1-2H3. The van der Waals surface area contributed by atoms with Crippen LogP contribution in [0.2, 0.25) is 0 Å². The van der Waals surface area contributed by atoms with Gasteiger partial charge in [0.1, 0.15) is 0 Å².